The molecule has 0 aromatic carbocycles. The molecule has 1 aromatic rings. The zero-order valence-electron chi connectivity index (χ0n) is 6.53. The highest BCUT2D eigenvalue weighted by atomic mass is 16.5. The molecule has 0 radical (unpaired) electrons. The zero-order chi connectivity index (χ0) is 7.82. The quantitative estimate of drug-likeness (QED) is 0.593. The minimum Gasteiger partial charge on any atom is -0.495 e. The lowest BCUT2D eigenvalue weighted by Crippen LogP contribution is -1.83. The molecular formula is C7H12N2O. The molecule has 0 N–H and O–H groups in total. The van der Waals surface area contributed by atoms with Gasteiger partial charge in [0, 0.05) is 6.07 Å². The van der Waals surface area contributed by atoms with Gasteiger partial charge in [-0.2, -0.15) is 10.2 Å². The lowest BCUT2D eigenvalue weighted by atomic mass is 10.5. The Kier molecular flexibility index (Phi) is 5.33. The molecule has 1 aromatic heterocycles. The number of ether oxygens (including phenoxy) is 1. The summed E-state index contributed by atoms with van der Waals surface area (Å²) in [7, 11) is 1.59. The fourth-order valence-electron chi connectivity index (χ4n) is 0.399. The van der Waals surface area contributed by atoms with Gasteiger partial charge in [-0.3, -0.25) is 0 Å². The Bertz CT molecular complexity index is 153. The van der Waals surface area contributed by atoms with E-state index in [2.05, 4.69) is 10.2 Å². The molecule has 0 spiro atoms. The highest BCUT2D eigenvalue weighted by Gasteiger charge is 1.82. The summed E-state index contributed by atoms with van der Waals surface area (Å²) in [6.07, 6.45) is 3.14. The van der Waals surface area contributed by atoms with Crippen molar-refractivity contribution in [2.75, 3.05) is 7.11 Å². The van der Waals surface area contributed by atoms with Crippen LogP contribution in [-0.4, -0.2) is 17.3 Å². The van der Waals surface area contributed by atoms with Crippen LogP contribution in [0.3, 0.4) is 0 Å². The van der Waals surface area contributed by atoms with Crippen LogP contribution in [0.25, 0.3) is 0 Å². The van der Waals surface area contributed by atoms with E-state index < -0.39 is 0 Å². The second-order valence-electron chi connectivity index (χ2n) is 1.28. The molecule has 1 rings (SSSR count). The first-order valence-electron chi connectivity index (χ1n) is 3.24. The Morgan fingerprint density at radius 2 is 2.00 bits per heavy atom. The molecule has 0 aliphatic rings. The smallest absolute Gasteiger partial charge is 0.140 e. The first kappa shape index (κ1) is 8.88. The lowest BCUT2D eigenvalue weighted by Gasteiger charge is -1.92. The minimum atomic E-state index is 0.736. The molecule has 56 valence electrons. The molecular weight excluding hydrogens is 128 g/mol. The predicted molar refractivity (Wildman–Crippen MR) is 39.9 cm³/mol. The van der Waals surface area contributed by atoms with Gasteiger partial charge in [-0.15, -0.1) is 0 Å². The third-order valence-electron chi connectivity index (χ3n) is 0.793. The molecule has 0 atom stereocenters. The zero-order valence-corrected chi connectivity index (χ0v) is 6.53. The van der Waals surface area contributed by atoms with Crippen LogP contribution in [0.4, 0.5) is 0 Å². The Morgan fingerprint density at radius 3 is 2.30 bits per heavy atom. The van der Waals surface area contributed by atoms with Crippen molar-refractivity contribution in [3.8, 4) is 5.75 Å². The highest BCUT2D eigenvalue weighted by molar-refractivity contribution is 5.11. The topological polar surface area (TPSA) is 35.0 Å². The van der Waals surface area contributed by atoms with Gasteiger partial charge in [0.15, 0.2) is 0 Å². The van der Waals surface area contributed by atoms with Crippen molar-refractivity contribution in [1.82, 2.24) is 10.2 Å². The van der Waals surface area contributed by atoms with Crippen molar-refractivity contribution in [3.05, 3.63) is 18.5 Å². The molecule has 0 bridgehead atoms. The Hall–Kier alpha value is -1.12. The first-order valence-corrected chi connectivity index (χ1v) is 3.24. The molecule has 1 heterocycles. The van der Waals surface area contributed by atoms with Crippen molar-refractivity contribution >= 4 is 0 Å². The number of aromatic nitrogens is 2. The van der Waals surface area contributed by atoms with Gasteiger partial charge < -0.3 is 4.74 Å². The fourth-order valence-corrected chi connectivity index (χ4v) is 0.399. The van der Waals surface area contributed by atoms with Crippen LogP contribution in [0.1, 0.15) is 13.8 Å². The maximum atomic E-state index is 4.81. The van der Waals surface area contributed by atoms with E-state index >= 15 is 0 Å². The molecule has 3 heteroatoms. The number of hydrogen-bond donors (Lipinski definition) is 0. The largest absolute Gasteiger partial charge is 0.495 e. The van der Waals surface area contributed by atoms with Crippen LogP contribution < -0.4 is 4.74 Å². The summed E-state index contributed by atoms with van der Waals surface area (Å²) in [5.74, 6) is 0.736. The molecule has 0 aliphatic heterocycles. The molecule has 10 heavy (non-hydrogen) atoms. The van der Waals surface area contributed by atoms with Crippen molar-refractivity contribution in [2.24, 2.45) is 0 Å². The van der Waals surface area contributed by atoms with Crippen LogP contribution in [0.15, 0.2) is 18.5 Å². The molecule has 0 fully saturated rings. The van der Waals surface area contributed by atoms with Crippen LogP contribution in [-0.2, 0) is 0 Å². The number of hydrogen-bond acceptors (Lipinski definition) is 3. The Balaban J connectivity index is 0.000000371. The van der Waals surface area contributed by atoms with Gasteiger partial charge in [-0.25, -0.2) is 0 Å². The average Bonchev–Trinajstić information content (AvgIpc) is 2.10. The van der Waals surface area contributed by atoms with Gasteiger partial charge >= 0.3 is 0 Å². The van der Waals surface area contributed by atoms with Crippen LogP contribution >= 0.6 is 0 Å². The fraction of sp³-hybridized carbons (Fsp3) is 0.429. The van der Waals surface area contributed by atoms with E-state index in [0.717, 1.165) is 5.75 Å². The third kappa shape index (κ3) is 3.02. The van der Waals surface area contributed by atoms with E-state index in [9.17, 15) is 0 Å². The van der Waals surface area contributed by atoms with Gasteiger partial charge in [0.1, 0.15) is 5.75 Å². The maximum Gasteiger partial charge on any atom is 0.140 e. The summed E-state index contributed by atoms with van der Waals surface area (Å²) in [5.41, 5.74) is 0. The van der Waals surface area contributed by atoms with Gasteiger partial charge in [0.05, 0.1) is 19.5 Å². The summed E-state index contributed by atoms with van der Waals surface area (Å²) in [6, 6.07) is 1.74. The molecule has 3 nitrogen and oxygen atoms in total. The van der Waals surface area contributed by atoms with Gasteiger partial charge in [0.25, 0.3) is 0 Å². The summed E-state index contributed by atoms with van der Waals surface area (Å²) >= 11 is 0. The van der Waals surface area contributed by atoms with Crippen LogP contribution in [0.2, 0.25) is 0 Å². The average molecular weight is 140 g/mol. The Labute approximate surface area is 61.1 Å². The maximum absolute atomic E-state index is 4.81. The standard InChI is InChI=1S/C5H6N2O.C2H6/c1-8-5-2-3-6-7-4-5;1-2/h2-4H,1H3;1-2H3. The van der Waals surface area contributed by atoms with Crippen molar-refractivity contribution < 1.29 is 4.74 Å². The van der Waals surface area contributed by atoms with Crippen LogP contribution in [0, 0.1) is 0 Å². The predicted octanol–water partition coefficient (Wildman–Crippen LogP) is 1.51. The summed E-state index contributed by atoms with van der Waals surface area (Å²) in [6.45, 7) is 4.00. The van der Waals surface area contributed by atoms with E-state index in [1.165, 1.54) is 0 Å². The Morgan fingerprint density at radius 1 is 1.30 bits per heavy atom. The molecule has 0 aliphatic carbocycles. The second kappa shape index (κ2) is 6.01. The number of methoxy groups -OCH3 is 1. The SMILES string of the molecule is CC.COc1ccnnc1. The summed E-state index contributed by atoms with van der Waals surface area (Å²) in [4.78, 5) is 0. The minimum absolute atomic E-state index is 0.736. The highest BCUT2D eigenvalue weighted by Crippen LogP contribution is 2.01. The van der Waals surface area contributed by atoms with E-state index in [1.807, 2.05) is 13.8 Å². The van der Waals surface area contributed by atoms with Crippen molar-refractivity contribution in [3.63, 3.8) is 0 Å². The normalized spacial score (nSPS) is 7.50. The van der Waals surface area contributed by atoms with Crippen LogP contribution in [0.5, 0.6) is 5.75 Å². The van der Waals surface area contributed by atoms with Crippen molar-refractivity contribution in [2.45, 2.75) is 13.8 Å². The summed E-state index contributed by atoms with van der Waals surface area (Å²) < 4.78 is 4.81. The van der Waals surface area contributed by atoms with E-state index in [-0.39, 0.29) is 0 Å². The number of rotatable bonds is 1. The lowest BCUT2D eigenvalue weighted by molar-refractivity contribution is 0.411. The first-order chi connectivity index (χ1) is 4.93. The van der Waals surface area contributed by atoms with Gasteiger partial charge in [0.2, 0.25) is 0 Å². The summed E-state index contributed by atoms with van der Waals surface area (Å²) in [5, 5.41) is 7.14. The molecule has 0 amide bonds. The van der Waals surface area contributed by atoms with Gasteiger partial charge in [-0.05, 0) is 0 Å². The molecule has 0 saturated heterocycles. The van der Waals surface area contributed by atoms with E-state index in [1.54, 1.807) is 25.6 Å². The monoisotopic (exact) mass is 140 g/mol. The van der Waals surface area contributed by atoms with Gasteiger partial charge in [-0.1, -0.05) is 13.8 Å². The third-order valence-corrected chi connectivity index (χ3v) is 0.793. The molecule has 0 saturated carbocycles. The second-order valence-corrected chi connectivity index (χ2v) is 1.28. The molecule has 0 unspecified atom stereocenters. The van der Waals surface area contributed by atoms with E-state index in [0.29, 0.717) is 0 Å². The number of nitrogens with zero attached hydrogens (tertiary/aromatic N) is 2. The van der Waals surface area contributed by atoms with Crippen molar-refractivity contribution in [1.29, 1.82) is 0 Å². The van der Waals surface area contributed by atoms with E-state index in [4.69, 9.17) is 4.74 Å².